The normalized spacial score (nSPS) is 10.6. The third-order valence-corrected chi connectivity index (χ3v) is 2.77. The summed E-state index contributed by atoms with van der Waals surface area (Å²) in [7, 11) is 0. The van der Waals surface area contributed by atoms with Gasteiger partial charge in [0.1, 0.15) is 0 Å². The Bertz CT molecular complexity index is 533. The maximum atomic E-state index is 4.11. The Morgan fingerprint density at radius 1 is 0.941 bits per heavy atom. The average Bonchev–Trinajstić information content (AvgIpc) is 2.38. The van der Waals surface area contributed by atoms with Crippen molar-refractivity contribution >= 4 is 11.6 Å². The van der Waals surface area contributed by atoms with E-state index in [4.69, 9.17) is 0 Å². The van der Waals surface area contributed by atoms with Crippen LogP contribution in [0.1, 0.15) is 16.7 Å². The van der Waals surface area contributed by atoms with Gasteiger partial charge in [0.2, 0.25) is 0 Å². The first-order valence-electron chi connectivity index (χ1n) is 5.75. The summed E-state index contributed by atoms with van der Waals surface area (Å²) >= 11 is 0. The summed E-state index contributed by atoms with van der Waals surface area (Å²) in [6.07, 6.45) is 4.16. The number of rotatable bonds is 3. The van der Waals surface area contributed by atoms with Crippen LogP contribution in [-0.4, -0.2) is 0 Å². The maximum Gasteiger partial charge on any atom is -0.0161 e. The monoisotopic (exact) mass is 220 g/mol. The van der Waals surface area contributed by atoms with Gasteiger partial charge in [0.05, 0.1) is 0 Å². The van der Waals surface area contributed by atoms with Crippen LogP contribution >= 0.6 is 0 Å². The van der Waals surface area contributed by atoms with Gasteiger partial charge in [-0.15, -0.1) is 0 Å². The zero-order valence-corrected chi connectivity index (χ0v) is 10.1. The molecule has 0 N–H and O–H groups in total. The molecule has 0 aliphatic carbocycles. The lowest BCUT2D eigenvalue weighted by atomic mass is 10.0. The Kier molecular flexibility index (Phi) is 3.56. The fourth-order valence-electron chi connectivity index (χ4n) is 1.78. The van der Waals surface area contributed by atoms with Crippen LogP contribution in [0.5, 0.6) is 0 Å². The summed E-state index contributed by atoms with van der Waals surface area (Å²) in [4.78, 5) is 0. The van der Waals surface area contributed by atoms with E-state index in [0.717, 1.165) is 5.57 Å². The van der Waals surface area contributed by atoms with Gasteiger partial charge in [-0.05, 0) is 29.2 Å². The standard InChI is InChI=1S/C17H16/c1-14-8-6-7-11-17(14)15(2)12-13-16-9-4-3-5-10-16/h3-13H,2H2,1H3. The highest BCUT2D eigenvalue weighted by molar-refractivity contribution is 5.78. The molecular formula is C17H16. The van der Waals surface area contributed by atoms with Crippen molar-refractivity contribution in [3.05, 3.63) is 83.9 Å². The topological polar surface area (TPSA) is 0 Å². The largest absolute Gasteiger partial charge is 0.0911 e. The summed E-state index contributed by atoms with van der Waals surface area (Å²) in [6.45, 7) is 6.22. The minimum Gasteiger partial charge on any atom is -0.0911 e. The van der Waals surface area contributed by atoms with Crippen molar-refractivity contribution in [2.24, 2.45) is 0 Å². The Morgan fingerprint density at radius 2 is 1.59 bits per heavy atom. The molecule has 0 radical (unpaired) electrons. The van der Waals surface area contributed by atoms with Gasteiger partial charge in [0, 0.05) is 0 Å². The summed E-state index contributed by atoms with van der Waals surface area (Å²) in [6, 6.07) is 18.6. The molecule has 2 aromatic rings. The van der Waals surface area contributed by atoms with Gasteiger partial charge in [-0.25, -0.2) is 0 Å². The minimum absolute atomic E-state index is 1.05. The Hall–Kier alpha value is -2.08. The van der Waals surface area contributed by atoms with Crippen LogP contribution in [0.25, 0.3) is 11.6 Å². The van der Waals surface area contributed by atoms with Crippen molar-refractivity contribution in [1.82, 2.24) is 0 Å². The molecule has 0 saturated carbocycles. The Morgan fingerprint density at radius 3 is 2.29 bits per heavy atom. The molecule has 2 aromatic carbocycles. The first-order chi connectivity index (χ1) is 8.27. The third-order valence-electron chi connectivity index (χ3n) is 2.77. The number of hydrogen-bond acceptors (Lipinski definition) is 0. The first-order valence-corrected chi connectivity index (χ1v) is 5.75. The highest BCUT2D eigenvalue weighted by atomic mass is 14.0. The summed E-state index contributed by atoms with van der Waals surface area (Å²) in [5.41, 5.74) is 4.71. The van der Waals surface area contributed by atoms with E-state index in [-0.39, 0.29) is 0 Å². The predicted molar refractivity (Wildman–Crippen MR) is 75.7 cm³/mol. The van der Waals surface area contributed by atoms with Crippen LogP contribution < -0.4 is 0 Å². The highest BCUT2D eigenvalue weighted by Crippen LogP contribution is 2.18. The zero-order chi connectivity index (χ0) is 12.1. The molecule has 17 heavy (non-hydrogen) atoms. The van der Waals surface area contributed by atoms with Gasteiger partial charge in [-0.1, -0.05) is 73.3 Å². The molecule has 84 valence electrons. The van der Waals surface area contributed by atoms with E-state index >= 15 is 0 Å². The zero-order valence-electron chi connectivity index (χ0n) is 10.1. The maximum absolute atomic E-state index is 4.11. The lowest BCUT2D eigenvalue weighted by molar-refractivity contribution is 1.43. The molecule has 0 heteroatoms. The van der Waals surface area contributed by atoms with Crippen molar-refractivity contribution in [2.75, 3.05) is 0 Å². The molecule has 0 atom stereocenters. The molecule has 0 unspecified atom stereocenters. The fourth-order valence-corrected chi connectivity index (χ4v) is 1.78. The van der Waals surface area contributed by atoms with E-state index in [1.807, 2.05) is 30.3 Å². The molecular weight excluding hydrogens is 204 g/mol. The van der Waals surface area contributed by atoms with E-state index < -0.39 is 0 Å². The molecule has 0 aliphatic rings. The molecule has 0 aliphatic heterocycles. The van der Waals surface area contributed by atoms with E-state index in [9.17, 15) is 0 Å². The van der Waals surface area contributed by atoms with E-state index in [1.54, 1.807) is 0 Å². The van der Waals surface area contributed by atoms with Gasteiger partial charge in [-0.3, -0.25) is 0 Å². The van der Waals surface area contributed by atoms with E-state index in [0.29, 0.717) is 0 Å². The van der Waals surface area contributed by atoms with Crippen molar-refractivity contribution in [3.63, 3.8) is 0 Å². The van der Waals surface area contributed by atoms with Gasteiger partial charge in [-0.2, -0.15) is 0 Å². The number of aryl methyl sites for hydroxylation is 1. The molecule has 2 rings (SSSR count). The van der Waals surface area contributed by atoms with Crippen LogP contribution in [0.3, 0.4) is 0 Å². The Labute approximate surface area is 103 Å². The lowest BCUT2D eigenvalue weighted by Gasteiger charge is -2.04. The number of hydrogen-bond donors (Lipinski definition) is 0. The number of allylic oxidation sites excluding steroid dienone is 2. The van der Waals surface area contributed by atoms with Gasteiger partial charge >= 0.3 is 0 Å². The first kappa shape index (κ1) is 11.4. The van der Waals surface area contributed by atoms with E-state index in [1.165, 1.54) is 16.7 Å². The molecule has 0 saturated heterocycles. The molecule has 0 heterocycles. The third kappa shape index (κ3) is 2.94. The predicted octanol–water partition coefficient (Wildman–Crippen LogP) is 4.72. The van der Waals surface area contributed by atoms with Gasteiger partial charge in [0.25, 0.3) is 0 Å². The summed E-state index contributed by atoms with van der Waals surface area (Å²) < 4.78 is 0. The fraction of sp³-hybridized carbons (Fsp3) is 0.0588. The molecule has 0 amide bonds. The van der Waals surface area contributed by atoms with Crippen molar-refractivity contribution in [1.29, 1.82) is 0 Å². The van der Waals surface area contributed by atoms with Crippen molar-refractivity contribution in [2.45, 2.75) is 6.92 Å². The van der Waals surface area contributed by atoms with Crippen LogP contribution in [0.15, 0.2) is 67.3 Å². The van der Waals surface area contributed by atoms with Crippen LogP contribution in [0.4, 0.5) is 0 Å². The van der Waals surface area contributed by atoms with Crippen LogP contribution in [0, 0.1) is 6.92 Å². The van der Waals surface area contributed by atoms with Crippen molar-refractivity contribution < 1.29 is 0 Å². The van der Waals surface area contributed by atoms with Gasteiger partial charge in [0.15, 0.2) is 0 Å². The molecule has 0 nitrogen and oxygen atoms in total. The highest BCUT2D eigenvalue weighted by Gasteiger charge is 1.97. The van der Waals surface area contributed by atoms with Gasteiger partial charge < -0.3 is 0 Å². The molecule has 0 spiro atoms. The molecule has 0 aromatic heterocycles. The quantitative estimate of drug-likeness (QED) is 0.656. The Balaban J connectivity index is 2.18. The lowest BCUT2D eigenvalue weighted by Crippen LogP contribution is -1.83. The van der Waals surface area contributed by atoms with Crippen LogP contribution in [0.2, 0.25) is 0 Å². The summed E-state index contributed by atoms with van der Waals surface area (Å²) in [5.74, 6) is 0. The minimum atomic E-state index is 1.05. The second kappa shape index (κ2) is 5.31. The number of benzene rings is 2. The second-order valence-electron chi connectivity index (χ2n) is 4.08. The average molecular weight is 220 g/mol. The smallest absolute Gasteiger partial charge is 0.0161 e. The van der Waals surface area contributed by atoms with Crippen molar-refractivity contribution in [3.8, 4) is 0 Å². The van der Waals surface area contributed by atoms with E-state index in [2.05, 4.69) is 49.9 Å². The summed E-state index contributed by atoms with van der Waals surface area (Å²) in [5, 5.41) is 0. The molecule has 0 fully saturated rings. The SMILES string of the molecule is C=C(C=Cc1ccccc1)c1ccccc1C. The molecule has 0 bridgehead atoms. The van der Waals surface area contributed by atoms with Crippen LogP contribution in [-0.2, 0) is 0 Å². The second-order valence-corrected chi connectivity index (χ2v) is 4.08.